The van der Waals surface area contributed by atoms with E-state index in [1.807, 2.05) is 0 Å². The van der Waals surface area contributed by atoms with E-state index in [9.17, 15) is 14.0 Å². The number of nitrogens with one attached hydrogen (secondary N) is 1. The van der Waals surface area contributed by atoms with Gasteiger partial charge in [-0.25, -0.2) is 9.18 Å². The Balaban J connectivity index is 2.91. The van der Waals surface area contributed by atoms with Crippen LogP contribution in [0.4, 0.5) is 4.39 Å². The lowest BCUT2D eigenvalue weighted by molar-refractivity contribution is -0.142. The monoisotopic (exact) mass is 293 g/mol. The molecule has 1 unspecified atom stereocenters. The Kier molecular flexibility index (Phi) is 4.93. The van der Waals surface area contributed by atoms with Gasteiger partial charge in [0.15, 0.2) is 0 Å². The van der Waals surface area contributed by atoms with Crippen LogP contribution in [0, 0.1) is 5.82 Å². The molecule has 0 saturated carbocycles. The Bertz CT molecular complexity index is 493. The molecule has 0 aromatic heterocycles. The molecule has 18 heavy (non-hydrogen) atoms. The molecule has 0 aliphatic carbocycles. The second-order valence-corrected chi connectivity index (χ2v) is 4.28. The molecule has 98 valence electrons. The molecule has 0 fully saturated rings. The number of benzene rings is 1. The van der Waals surface area contributed by atoms with Crippen LogP contribution >= 0.6 is 23.2 Å². The minimum atomic E-state index is -0.864. The summed E-state index contributed by atoms with van der Waals surface area (Å²) in [5, 5.41) is 2.14. The molecule has 1 amide bonds. The third-order valence-corrected chi connectivity index (χ3v) is 2.76. The van der Waals surface area contributed by atoms with E-state index >= 15 is 0 Å². The highest BCUT2D eigenvalue weighted by Crippen LogP contribution is 2.24. The van der Waals surface area contributed by atoms with E-state index in [0.717, 1.165) is 12.1 Å². The Labute approximate surface area is 113 Å². The average Bonchev–Trinajstić information content (AvgIpc) is 2.32. The molecule has 1 aromatic rings. The third kappa shape index (κ3) is 3.34. The largest absolute Gasteiger partial charge is 0.467 e. The SMILES string of the molecule is COC(=O)C(C)NC(=O)c1cc(F)c(Cl)cc1Cl. The molecule has 0 saturated heterocycles. The quantitative estimate of drug-likeness (QED) is 0.688. The first-order valence-corrected chi connectivity index (χ1v) is 5.65. The van der Waals surface area contributed by atoms with Gasteiger partial charge in [-0.15, -0.1) is 0 Å². The van der Waals surface area contributed by atoms with Crippen LogP contribution in [0.25, 0.3) is 0 Å². The summed E-state index contributed by atoms with van der Waals surface area (Å²) >= 11 is 11.3. The van der Waals surface area contributed by atoms with Crippen molar-refractivity contribution in [3.8, 4) is 0 Å². The fraction of sp³-hybridized carbons (Fsp3) is 0.273. The fourth-order valence-corrected chi connectivity index (χ4v) is 1.68. The van der Waals surface area contributed by atoms with Crippen molar-refractivity contribution in [2.75, 3.05) is 7.11 Å². The van der Waals surface area contributed by atoms with E-state index in [2.05, 4.69) is 10.1 Å². The highest BCUT2D eigenvalue weighted by molar-refractivity contribution is 6.36. The van der Waals surface area contributed by atoms with Crippen LogP contribution in [0.5, 0.6) is 0 Å². The van der Waals surface area contributed by atoms with E-state index in [-0.39, 0.29) is 15.6 Å². The Morgan fingerprint density at radius 3 is 2.50 bits per heavy atom. The Hall–Kier alpha value is -1.33. The van der Waals surface area contributed by atoms with Gasteiger partial charge < -0.3 is 10.1 Å². The van der Waals surface area contributed by atoms with Crippen molar-refractivity contribution in [1.82, 2.24) is 5.32 Å². The number of esters is 1. The predicted octanol–water partition coefficient (Wildman–Crippen LogP) is 2.42. The van der Waals surface area contributed by atoms with Gasteiger partial charge >= 0.3 is 5.97 Å². The molecule has 1 rings (SSSR count). The van der Waals surface area contributed by atoms with Crippen LogP contribution in [0.15, 0.2) is 12.1 Å². The van der Waals surface area contributed by atoms with Crippen molar-refractivity contribution in [2.45, 2.75) is 13.0 Å². The number of halogens is 3. The summed E-state index contributed by atoms with van der Waals surface area (Å²) in [6.45, 7) is 1.43. The summed E-state index contributed by atoms with van der Waals surface area (Å²) in [6, 6.07) is 1.16. The molecule has 1 atom stereocenters. The standard InChI is InChI=1S/C11H10Cl2FNO3/c1-5(11(17)18-2)15-10(16)6-3-9(14)8(13)4-7(6)12/h3-5H,1-2H3,(H,15,16). The number of amides is 1. The number of hydrogen-bond donors (Lipinski definition) is 1. The normalized spacial score (nSPS) is 11.8. The first kappa shape index (κ1) is 14.7. The first-order chi connectivity index (χ1) is 8.36. The highest BCUT2D eigenvalue weighted by atomic mass is 35.5. The van der Waals surface area contributed by atoms with Crippen molar-refractivity contribution in [3.05, 3.63) is 33.6 Å². The third-order valence-electron chi connectivity index (χ3n) is 2.16. The smallest absolute Gasteiger partial charge is 0.328 e. The van der Waals surface area contributed by atoms with Gasteiger partial charge in [0.2, 0.25) is 0 Å². The lowest BCUT2D eigenvalue weighted by atomic mass is 10.2. The Morgan fingerprint density at radius 1 is 1.33 bits per heavy atom. The number of carbonyl (C=O) groups is 2. The lowest BCUT2D eigenvalue weighted by Gasteiger charge is -2.12. The second-order valence-electron chi connectivity index (χ2n) is 3.46. The number of rotatable bonds is 3. The van der Waals surface area contributed by atoms with Crippen LogP contribution in [0.3, 0.4) is 0 Å². The van der Waals surface area contributed by atoms with Crippen molar-refractivity contribution in [3.63, 3.8) is 0 Å². The van der Waals surface area contributed by atoms with Gasteiger partial charge in [0.25, 0.3) is 5.91 Å². The zero-order valence-corrected chi connectivity index (χ0v) is 11.1. The van der Waals surface area contributed by atoms with E-state index in [1.165, 1.54) is 14.0 Å². The zero-order chi connectivity index (χ0) is 13.9. The molecular weight excluding hydrogens is 284 g/mol. The molecular formula is C11H10Cl2FNO3. The second kappa shape index (κ2) is 6.02. The summed E-state index contributed by atoms with van der Waals surface area (Å²) in [4.78, 5) is 22.9. The fourth-order valence-electron chi connectivity index (χ4n) is 1.21. The van der Waals surface area contributed by atoms with Crippen LogP contribution in [0.1, 0.15) is 17.3 Å². The summed E-state index contributed by atoms with van der Waals surface area (Å²) in [7, 11) is 1.19. The maximum atomic E-state index is 13.2. The lowest BCUT2D eigenvalue weighted by Crippen LogP contribution is -2.39. The molecule has 1 aromatic carbocycles. The minimum Gasteiger partial charge on any atom is -0.467 e. The van der Waals surface area contributed by atoms with Crippen LogP contribution in [-0.4, -0.2) is 25.0 Å². The minimum absolute atomic E-state index is 0.00374. The maximum absolute atomic E-state index is 13.2. The number of carbonyl (C=O) groups excluding carboxylic acids is 2. The van der Waals surface area contributed by atoms with Gasteiger partial charge in [0, 0.05) is 0 Å². The molecule has 1 N–H and O–H groups in total. The van der Waals surface area contributed by atoms with Gasteiger partial charge in [-0.2, -0.15) is 0 Å². The van der Waals surface area contributed by atoms with Crippen LogP contribution < -0.4 is 5.32 Å². The van der Waals surface area contributed by atoms with E-state index < -0.39 is 23.7 Å². The molecule has 0 aliphatic heterocycles. The van der Waals surface area contributed by atoms with Crippen molar-refractivity contribution >= 4 is 35.1 Å². The molecule has 0 spiro atoms. The summed E-state index contributed by atoms with van der Waals surface area (Å²) in [6.07, 6.45) is 0. The molecule has 4 nitrogen and oxygen atoms in total. The van der Waals surface area contributed by atoms with Crippen LogP contribution in [0.2, 0.25) is 10.0 Å². The zero-order valence-electron chi connectivity index (χ0n) is 9.59. The van der Waals surface area contributed by atoms with Crippen LogP contribution in [-0.2, 0) is 9.53 Å². The van der Waals surface area contributed by atoms with Crippen molar-refractivity contribution < 1.29 is 18.7 Å². The van der Waals surface area contributed by atoms with Gasteiger partial charge in [-0.1, -0.05) is 23.2 Å². The van der Waals surface area contributed by atoms with Gasteiger partial charge in [-0.05, 0) is 19.1 Å². The van der Waals surface area contributed by atoms with E-state index in [0.29, 0.717) is 0 Å². The molecule has 7 heteroatoms. The maximum Gasteiger partial charge on any atom is 0.328 e. The topological polar surface area (TPSA) is 55.4 Å². The summed E-state index contributed by atoms with van der Waals surface area (Å²) in [5.74, 6) is -2.07. The molecule has 0 aliphatic rings. The molecule has 0 radical (unpaired) electrons. The van der Waals surface area contributed by atoms with Gasteiger partial charge in [-0.3, -0.25) is 4.79 Å². The number of methoxy groups -OCH3 is 1. The molecule has 0 heterocycles. The molecule has 0 bridgehead atoms. The van der Waals surface area contributed by atoms with Gasteiger partial charge in [0.05, 0.1) is 22.7 Å². The van der Waals surface area contributed by atoms with Crippen molar-refractivity contribution in [1.29, 1.82) is 0 Å². The van der Waals surface area contributed by atoms with E-state index in [1.54, 1.807) is 0 Å². The Morgan fingerprint density at radius 2 is 1.94 bits per heavy atom. The van der Waals surface area contributed by atoms with Gasteiger partial charge in [0.1, 0.15) is 11.9 Å². The number of ether oxygens (including phenoxy) is 1. The number of hydrogen-bond acceptors (Lipinski definition) is 3. The van der Waals surface area contributed by atoms with E-state index in [4.69, 9.17) is 23.2 Å². The van der Waals surface area contributed by atoms with Crippen molar-refractivity contribution in [2.24, 2.45) is 0 Å². The summed E-state index contributed by atoms with van der Waals surface area (Å²) < 4.78 is 17.7. The predicted molar refractivity (Wildman–Crippen MR) is 65.4 cm³/mol. The highest BCUT2D eigenvalue weighted by Gasteiger charge is 2.19. The summed E-state index contributed by atoms with van der Waals surface area (Å²) in [5.41, 5.74) is -0.102. The average molecular weight is 294 g/mol. The first-order valence-electron chi connectivity index (χ1n) is 4.90.